The van der Waals surface area contributed by atoms with Crippen molar-refractivity contribution in [2.24, 2.45) is 0 Å². The highest BCUT2D eigenvalue weighted by molar-refractivity contribution is 8.18. The molecule has 162 valence electrons. The number of benzene rings is 2. The lowest BCUT2D eigenvalue weighted by atomic mass is 10.2. The lowest BCUT2D eigenvalue weighted by Gasteiger charge is -2.14. The Morgan fingerprint density at radius 3 is 2.68 bits per heavy atom. The van der Waals surface area contributed by atoms with E-state index >= 15 is 0 Å². The van der Waals surface area contributed by atoms with Gasteiger partial charge in [-0.3, -0.25) is 19.3 Å². The fraction of sp³-hybridized carbons (Fsp3) is 0.227. The zero-order chi connectivity index (χ0) is 22.5. The highest BCUT2D eigenvalue weighted by Crippen LogP contribution is 2.34. The van der Waals surface area contributed by atoms with Gasteiger partial charge in [0.1, 0.15) is 6.54 Å². The number of ether oxygens (including phenoxy) is 2. The van der Waals surface area contributed by atoms with Crippen LogP contribution in [0.15, 0.2) is 41.3 Å². The summed E-state index contributed by atoms with van der Waals surface area (Å²) in [6.07, 6.45) is 1.59. The molecule has 3 amide bonds. The minimum Gasteiger partial charge on any atom is -0.493 e. The summed E-state index contributed by atoms with van der Waals surface area (Å²) in [7, 11) is 1.54. The minimum absolute atomic E-state index is 0.226. The Bertz CT molecular complexity index is 1070. The molecule has 0 spiro atoms. The van der Waals surface area contributed by atoms with E-state index in [9.17, 15) is 14.4 Å². The Morgan fingerprint density at radius 1 is 1.19 bits per heavy atom. The van der Waals surface area contributed by atoms with Crippen molar-refractivity contribution in [1.82, 2.24) is 4.90 Å². The molecule has 0 aliphatic carbocycles. The molecule has 1 aliphatic heterocycles. The number of thioether (sulfide) groups is 1. The summed E-state index contributed by atoms with van der Waals surface area (Å²) in [6, 6.07) is 10.3. The van der Waals surface area contributed by atoms with Crippen LogP contribution in [0.5, 0.6) is 11.5 Å². The van der Waals surface area contributed by atoms with E-state index in [1.54, 1.807) is 49.6 Å². The molecule has 0 saturated carbocycles. The predicted molar refractivity (Wildman–Crippen MR) is 122 cm³/mol. The van der Waals surface area contributed by atoms with Crippen LogP contribution in [-0.2, 0) is 9.59 Å². The lowest BCUT2D eigenvalue weighted by Crippen LogP contribution is -2.36. The Labute approximate surface area is 189 Å². The maximum atomic E-state index is 12.7. The summed E-state index contributed by atoms with van der Waals surface area (Å²) in [5.74, 6) is 0.0908. The average molecular weight is 461 g/mol. The third-order valence-electron chi connectivity index (χ3n) is 4.43. The predicted octanol–water partition coefficient (Wildman–Crippen LogP) is 4.73. The van der Waals surface area contributed by atoms with E-state index in [2.05, 4.69) is 5.32 Å². The fourth-order valence-electron chi connectivity index (χ4n) is 2.90. The SMILES string of the molecule is CCOc1cc(/C=C2/SC(=O)N(CC(=O)Nc3cc(Cl)ccc3C)C2=O)ccc1OC. The van der Waals surface area contributed by atoms with Crippen LogP contribution in [0.2, 0.25) is 5.02 Å². The molecule has 2 aromatic rings. The van der Waals surface area contributed by atoms with Gasteiger partial charge in [-0.1, -0.05) is 23.7 Å². The third kappa shape index (κ3) is 5.39. The fourth-order valence-corrected chi connectivity index (χ4v) is 3.91. The van der Waals surface area contributed by atoms with Crippen molar-refractivity contribution in [3.8, 4) is 11.5 Å². The molecule has 0 bridgehead atoms. The summed E-state index contributed by atoms with van der Waals surface area (Å²) < 4.78 is 10.8. The molecule has 0 atom stereocenters. The largest absolute Gasteiger partial charge is 0.493 e. The van der Waals surface area contributed by atoms with Gasteiger partial charge in [-0.2, -0.15) is 0 Å². The number of nitrogens with zero attached hydrogens (tertiary/aromatic N) is 1. The summed E-state index contributed by atoms with van der Waals surface area (Å²) >= 11 is 6.75. The molecule has 3 rings (SSSR count). The molecule has 1 saturated heterocycles. The quantitative estimate of drug-likeness (QED) is 0.601. The van der Waals surface area contributed by atoms with E-state index in [-0.39, 0.29) is 11.4 Å². The molecule has 31 heavy (non-hydrogen) atoms. The van der Waals surface area contributed by atoms with Crippen molar-refractivity contribution < 1.29 is 23.9 Å². The van der Waals surface area contributed by atoms with Gasteiger partial charge < -0.3 is 14.8 Å². The molecule has 1 fully saturated rings. The summed E-state index contributed by atoms with van der Waals surface area (Å²) in [6.45, 7) is 3.74. The molecule has 1 heterocycles. The Kier molecular flexibility index (Phi) is 7.25. The van der Waals surface area contributed by atoms with E-state index in [0.29, 0.717) is 34.4 Å². The second-order valence-corrected chi connectivity index (χ2v) is 8.05. The third-order valence-corrected chi connectivity index (χ3v) is 5.58. The number of amides is 3. The number of carbonyl (C=O) groups is 3. The first-order chi connectivity index (χ1) is 14.8. The number of anilines is 1. The van der Waals surface area contributed by atoms with Gasteiger partial charge in [0.2, 0.25) is 5.91 Å². The maximum absolute atomic E-state index is 12.7. The summed E-state index contributed by atoms with van der Waals surface area (Å²) in [5, 5.41) is 2.66. The second-order valence-electron chi connectivity index (χ2n) is 6.62. The minimum atomic E-state index is -0.526. The van der Waals surface area contributed by atoms with Crippen molar-refractivity contribution in [3.05, 3.63) is 57.5 Å². The number of halogens is 1. The summed E-state index contributed by atoms with van der Waals surface area (Å²) in [5.41, 5.74) is 2.02. The van der Waals surface area contributed by atoms with Gasteiger partial charge in [0.15, 0.2) is 11.5 Å². The Morgan fingerprint density at radius 2 is 1.97 bits per heavy atom. The molecule has 7 nitrogen and oxygen atoms in total. The van der Waals surface area contributed by atoms with Gasteiger partial charge in [-0.05, 0) is 67.1 Å². The van der Waals surface area contributed by atoms with E-state index in [1.807, 2.05) is 13.8 Å². The van der Waals surface area contributed by atoms with E-state index in [4.69, 9.17) is 21.1 Å². The topological polar surface area (TPSA) is 84.9 Å². The van der Waals surface area contributed by atoms with Crippen molar-refractivity contribution in [3.63, 3.8) is 0 Å². The summed E-state index contributed by atoms with van der Waals surface area (Å²) in [4.78, 5) is 38.6. The van der Waals surface area contributed by atoms with Crippen LogP contribution in [0.25, 0.3) is 6.08 Å². The standard InChI is InChI=1S/C22H21ClN2O5S/c1-4-30-18-9-14(6-8-17(18)29-3)10-19-21(27)25(22(28)31-19)12-20(26)24-16-11-15(23)7-5-13(16)2/h5-11H,4,12H2,1-3H3,(H,24,26)/b19-10+. The molecular weight excluding hydrogens is 440 g/mol. The van der Waals surface area contributed by atoms with E-state index in [1.165, 1.54) is 0 Å². The molecule has 9 heteroatoms. The van der Waals surface area contributed by atoms with Crippen LogP contribution in [-0.4, -0.2) is 42.2 Å². The van der Waals surface area contributed by atoms with Crippen LogP contribution in [0.3, 0.4) is 0 Å². The van der Waals surface area contributed by atoms with Gasteiger partial charge in [0, 0.05) is 10.7 Å². The Hall–Kier alpha value is -2.97. The molecule has 0 aromatic heterocycles. The average Bonchev–Trinajstić information content (AvgIpc) is 2.98. The van der Waals surface area contributed by atoms with Crippen LogP contribution < -0.4 is 14.8 Å². The second kappa shape index (κ2) is 9.89. The zero-order valence-electron chi connectivity index (χ0n) is 17.2. The van der Waals surface area contributed by atoms with E-state index in [0.717, 1.165) is 22.2 Å². The van der Waals surface area contributed by atoms with Gasteiger partial charge in [-0.15, -0.1) is 0 Å². The van der Waals surface area contributed by atoms with Gasteiger partial charge in [0.05, 0.1) is 18.6 Å². The first-order valence-corrected chi connectivity index (χ1v) is 10.6. The molecular formula is C22H21ClN2O5S. The van der Waals surface area contributed by atoms with E-state index < -0.39 is 17.1 Å². The van der Waals surface area contributed by atoms with Crippen molar-refractivity contribution in [1.29, 1.82) is 0 Å². The zero-order valence-corrected chi connectivity index (χ0v) is 18.8. The van der Waals surface area contributed by atoms with Crippen LogP contribution in [0, 0.1) is 6.92 Å². The van der Waals surface area contributed by atoms with Gasteiger partial charge in [0.25, 0.3) is 11.1 Å². The number of aryl methyl sites for hydroxylation is 1. The van der Waals surface area contributed by atoms with Crippen molar-refractivity contribution >= 4 is 52.2 Å². The first-order valence-electron chi connectivity index (χ1n) is 9.44. The number of carbonyl (C=O) groups excluding carboxylic acids is 3. The van der Waals surface area contributed by atoms with Crippen LogP contribution in [0.4, 0.5) is 10.5 Å². The molecule has 0 unspecified atom stereocenters. The highest BCUT2D eigenvalue weighted by Gasteiger charge is 2.36. The van der Waals surface area contributed by atoms with Crippen molar-refractivity contribution in [2.75, 3.05) is 25.6 Å². The van der Waals surface area contributed by atoms with Gasteiger partial charge >= 0.3 is 0 Å². The van der Waals surface area contributed by atoms with Crippen molar-refractivity contribution in [2.45, 2.75) is 13.8 Å². The number of hydrogen-bond donors (Lipinski definition) is 1. The molecule has 1 N–H and O–H groups in total. The smallest absolute Gasteiger partial charge is 0.294 e. The van der Waals surface area contributed by atoms with Crippen LogP contribution >= 0.6 is 23.4 Å². The Balaban J connectivity index is 1.74. The number of hydrogen-bond acceptors (Lipinski definition) is 6. The molecule has 1 aliphatic rings. The number of methoxy groups -OCH3 is 1. The normalized spacial score (nSPS) is 14.8. The lowest BCUT2D eigenvalue weighted by molar-refractivity contribution is -0.127. The monoisotopic (exact) mass is 460 g/mol. The number of nitrogens with one attached hydrogen (secondary N) is 1. The number of rotatable bonds is 7. The highest BCUT2D eigenvalue weighted by atomic mass is 35.5. The van der Waals surface area contributed by atoms with Crippen LogP contribution in [0.1, 0.15) is 18.1 Å². The molecule has 2 aromatic carbocycles. The van der Waals surface area contributed by atoms with Gasteiger partial charge in [-0.25, -0.2) is 0 Å². The number of imide groups is 1. The first kappa shape index (κ1) is 22.7. The maximum Gasteiger partial charge on any atom is 0.294 e. The molecule has 0 radical (unpaired) electrons.